The molecule has 0 saturated heterocycles. The number of hydrogen-bond acceptors (Lipinski definition) is 4. The van der Waals surface area contributed by atoms with E-state index in [0.717, 1.165) is 31.2 Å². The standard InChI is InChI=1S/C15H22O4S/c1-3-4-5-6-7-11-15(16)19-20(17,18)14-10-8-9-13(2)12-14/h8-10,12H,3-7,11H2,1-2H3. The Morgan fingerprint density at radius 3 is 2.50 bits per heavy atom. The molecule has 0 heterocycles. The smallest absolute Gasteiger partial charge is 0.341 e. The van der Waals surface area contributed by atoms with Crippen LogP contribution in [0.5, 0.6) is 0 Å². The molecular formula is C15H22O4S. The van der Waals surface area contributed by atoms with Gasteiger partial charge in [0.05, 0.1) is 0 Å². The highest BCUT2D eigenvalue weighted by atomic mass is 32.2. The highest BCUT2D eigenvalue weighted by molar-refractivity contribution is 7.87. The van der Waals surface area contributed by atoms with Crippen LogP contribution in [0.4, 0.5) is 0 Å². The van der Waals surface area contributed by atoms with Gasteiger partial charge in [-0.25, -0.2) is 0 Å². The van der Waals surface area contributed by atoms with Crippen LogP contribution >= 0.6 is 0 Å². The molecule has 0 bridgehead atoms. The van der Waals surface area contributed by atoms with Crippen molar-refractivity contribution in [3.8, 4) is 0 Å². The Morgan fingerprint density at radius 2 is 1.85 bits per heavy atom. The van der Waals surface area contributed by atoms with Gasteiger partial charge in [0, 0.05) is 6.42 Å². The fourth-order valence-electron chi connectivity index (χ4n) is 1.86. The molecule has 0 spiro atoms. The molecule has 20 heavy (non-hydrogen) atoms. The van der Waals surface area contributed by atoms with E-state index >= 15 is 0 Å². The van der Waals surface area contributed by atoms with Gasteiger partial charge in [0.15, 0.2) is 0 Å². The Kier molecular flexibility index (Phi) is 6.71. The van der Waals surface area contributed by atoms with Crippen molar-refractivity contribution >= 4 is 16.1 Å². The largest absolute Gasteiger partial charge is 0.342 e. The zero-order valence-corrected chi connectivity index (χ0v) is 12.9. The Labute approximate surface area is 121 Å². The van der Waals surface area contributed by atoms with Gasteiger partial charge in [0.1, 0.15) is 4.90 Å². The average molecular weight is 298 g/mol. The highest BCUT2D eigenvalue weighted by Crippen LogP contribution is 2.15. The lowest BCUT2D eigenvalue weighted by Crippen LogP contribution is -2.13. The summed E-state index contributed by atoms with van der Waals surface area (Å²) in [6.45, 7) is 3.90. The third-order valence-corrected chi connectivity index (χ3v) is 4.20. The summed E-state index contributed by atoms with van der Waals surface area (Å²) in [5.41, 5.74) is 0.807. The van der Waals surface area contributed by atoms with E-state index in [1.165, 1.54) is 12.1 Å². The minimum atomic E-state index is -3.98. The van der Waals surface area contributed by atoms with Gasteiger partial charge in [-0.1, -0.05) is 44.7 Å². The number of benzene rings is 1. The summed E-state index contributed by atoms with van der Waals surface area (Å²) in [4.78, 5) is 11.6. The summed E-state index contributed by atoms with van der Waals surface area (Å²) in [5, 5.41) is 0. The van der Waals surface area contributed by atoms with Gasteiger partial charge in [-0.2, -0.15) is 8.42 Å². The first-order valence-corrected chi connectivity index (χ1v) is 8.40. The predicted octanol–water partition coefficient (Wildman–Crippen LogP) is 3.59. The number of unbranched alkanes of at least 4 members (excludes halogenated alkanes) is 4. The fraction of sp³-hybridized carbons (Fsp3) is 0.533. The van der Waals surface area contributed by atoms with Crippen molar-refractivity contribution in [2.24, 2.45) is 0 Å². The summed E-state index contributed by atoms with van der Waals surface area (Å²) in [6.07, 6.45) is 5.07. The van der Waals surface area contributed by atoms with Crippen LogP contribution in [0, 0.1) is 6.92 Å². The molecule has 0 atom stereocenters. The first-order valence-electron chi connectivity index (χ1n) is 6.99. The van der Waals surface area contributed by atoms with Crippen LogP contribution in [0.2, 0.25) is 0 Å². The van der Waals surface area contributed by atoms with Crippen LogP contribution < -0.4 is 0 Å². The SMILES string of the molecule is CCCCCCCC(=O)OS(=O)(=O)c1cccc(C)c1. The van der Waals surface area contributed by atoms with Gasteiger partial charge in [0.2, 0.25) is 0 Å². The van der Waals surface area contributed by atoms with Crippen LogP contribution in [0.3, 0.4) is 0 Å². The molecule has 0 fully saturated rings. The summed E-state index contributed by atoms with van der Waals surface area (Å²) < 4.78 is 28.4. The van der Waals surface area contributed by atoms with Crippen LogP contribution in [0.15, 0.2) is 29.2 Å². The molecule has 1 aromatic carbocycles. The van der Waals surface area contributed by atoms with Crippen LogP contribution in [-0.2, 0) is 19.1 Å². The Balaban J connectivity index is 2.48. The number of carbonyl (C=O) groups excluding carboxylic acids is 1. The molecule has 1 aromatic rings. The van der Waals surface area contributed by atoms with Crippen LogP contribution in [-0.4, -0.2) is 14.4 Å². The van der Waals surface area contributed by atoms with Crippen molar-refractivity contribution < 1.29 is 17.4 Å². The number of carbonyl (C=O) groups is 1. The average Bonchev–Trinajstić information content (AvgIpc) is 2.38. The van der Waals surface area contributed by atoms with Crippen LogP contribution in [0.25, 0.3) is 0 Å². The molecule has 0 unspecified atom stereocenters. The second-order valence-corrected chi connectivity index (χ2v) is 6.44. The molecule has 0 N–H and O–H groups in total. The van der Waals surface area contributed by atoms with Crippen molar-refractivity contribution in [2.75, 3.05) is 0 Å². The van der Waals surface area contributed by atoms with E-state index in [1.54, 1.807) is 19.1 Å². The highest BCUT2D eigenvalue weighted by Gasteiger charge is 2.19. The van der Waals surface area contributed by atoms with E-state index in [4.69, 9.17) is 0 Å². The molecule has 0 aliphatic rings. The molecule has 0 aliphatic carbocycles. The van der Waals surface area contributed by atoms with Crippen molar-refractivity contribution in [1.29, 1.82) is 0 Å². The maximum absolute atomic E-state index is 11.9. The van der Waals surface area contributed by atoms with Gasteiger partial charge in [-0.15, -0.1) is 0 Å². The molecule has 0 aliphatic heterocycles. The monoisotopic (exact) mass is 298 g/mol. The Morgan fingerprint density at radius 1 is 1.15 bits per heavy atom. The maximum Gasteiger partial charge on any atom is 0.341 e. The maximum atomic E-state index is 11.9. The number of aryl methyl sites for hydroxylation is 1. The molecule has 1 rings (SSSR count). The van der Waals surface area contributed by atoms with Crippen molar-refractivity contribution in [3.63, 3.8) is 0 Å². The van der Waals surface area contributed by atoms with Crippen LogP contribution in [0.1, 0.15) is 51.0 Å². The Bertz CT molecular complexity index is 535. The van der Waals surface area contributed by atoms with E-state index in [1.807, 2.05) is 0 Å². The van der Waals surface area contributed by atoms with Gasteiger partial charge < -0.3 is 4.18 Å². The molecule has 4 nitrogen and oxygen atoms in total. The zero-order valence-electron chi connectivity index (χ0n) is 12.1. The molecule has 0 radical (unpaired) electrons. The van der Waals surface area contributed by atoms with E-state index in [9.17, 15) is 13.2 Å². The summed E-state index contributed by atoms with van der Waals surface area (Å²) >= 11 is 0. The third kappa shape index (κ3) is 5.74. The molecule has 0 amide bonds. The van der Waals surface area contributed by atoms with E-state index in [0.29, 0.717) is 6.42 Å². The first-order chi connectivity index (χ1) is 9.45. The van der Waals surface area contributed by atoms with E-state index in [-0.39, 0.29) is 11.3 Å². The predicted molar refractivity (Wildman–Crippen MR) is 77.8 cm³/mol. The summed E-state index contributed by atoms with van der Waals surface area (Å²) in [7, 11) is -3.98. The quantitative estimate of drug-likeness (QED) is 0.543. The molecule has 112 valence electrons. The molecular weight excluding hydrogens is 276 g/mol. The molecule has 5 heteroatoms. The lowest BCUT2D eigenvalue weighted by Gasteiger charge is -2.06. The normalized spacial score (nSPS) is 11.3. The minimum Gasteiger partial charge on any atom is -0.342 e. The first kappa shape index (κ1) is 16.7. The molecule has 0 saturated carbocycles. The van der Waals surface area contributed by atoms with Crippen molar-refractivity contribution in [3.05, 3.63) is 29.8 Å². The zero-order chi connectivity index (χ0) is 15.0. The lowest BCUT2D eigenvalue weighted by atomic mass is 10.1. The summed E-state index contributed by atoms with van der Waals surface area (Å²) in [5.74, 6) is -0.678. The number of rotatable bonds is 8. The molecule has 0 aromatic heterocycles. The fourth-order valence-corrected chi connectivity index (χ4v) is 2.86. The topological polar surface area (TPSA) is 60.4 Å². The van der Waals surface area contributed by atoms with E-state index in [2.05, 4.69) is 11.1 Å². The van der Waals surface area contributed by atoms with E-state index < -0.39 is 16.1 Å². The summed E-state index contributed by atoms with van der Waals surface area (Å²) in [6, 6.07) is 6.33. The van der Waals surface area contributed by atoms with Gasteiger partial charge >= 0.3 is 16.1 Å². The van der Waals surface area contributed by atoms with Gasteiger partial charge in [-0.3, -0.25) is 4.79 Å². The lowest BCUT2D eigenvalue weighted by molar-refractivity contribution is -0.133. The van der Waals surface area contributed by atoms with Gasteiger partial charge in [-0.05, 0) is 31.0 Å². The minimum absolute atomic E-state index is 0.0248. The third-order valence-electron chi connectivity index (χ3n) is 2.97. The van der Waals surface area contributed by atoms with Crippen molar-refractivity contribution in [2.45, 2.75) is 57.3 Å². The van der Waals surface area contributed by atoms with Crippen molar-refractivity contribution in [1.82, 2.24) is 0 Å². The number of hydrogen-bond donors (Lipinski definition) is 0. The van der Waals surface area contributed by atoms with Gasteiger partial charge in [0.25, 0.3) is 0 Å². The second kappa shape index (κ2) is 8.04. The second-order valence-electron chi connectivity index (χ2n) is 4.89. The Hall–Kier alpha value is -1.36.